The smallest absolute Gasteiger partial charge is 0.0521 e. The Hall–Kier alpha value is -0.830. The largest absolute Gasteiger partial charge is 0.311 e. The Balaban J connectivity index is 1.97. The Bertz CT molecular complexity index is 335. The minimum atomic E-state index is 0.371. The summed E-state index contributed by atoms with van der Waals surface area (Å²) in [6.07, 6.45) is 9.14. The predicted molar refractivity (Wildman–Crippen MR) is 66.3 cm³/mol. The average Bonchev–Trinajstić information content (AvgIpc) is 2.84. The summed E-state index contributed by atoms with van der Waals surface area (Å²) in [6.45, 7) is 5.86. The van der Waals surface area contributed by atoms with E-state index in [0.29, 0.717) is 11.5 Å². The van der Waals surface area contributed by atoms with Crippen LogP contribution in [0.4, 0.5) is 0 Å². The van der Waals surface area contributed by atoms with Crippen molar-refractivity contribution in [3.63, 3.8) is 0 Å². The van der Waals surface area contributed by atoms with Crippen molar-refractivity contribution in [2.24, 2.45) is 13.0 Å². The second-order valence-electron chi connectivity index (χ2n) is 5.36. The van der Waals surface area contributed by atoms with Gasteiger partial charge in [0, 0.05) is 18.8 Å². The fourth-order valence-corrected chi connectivity index (χ4v) is 2.79. The van der Waals surface area contributed by atoms with Crippen LogP contribution in [0.5, 0.6) is 0 Å². The van der Waals surface area contributed by atoms with Crippen LogP contribution in [-0.4, -0.2) is 21.9 Å². The lowest BCUT2D eigenvalue weighted by Gasteiger charge is -2.34. The third-order valence-corrected chi connectivity index (χ3v) is 4.00. The highest BCUT2D eigenvalue weighted by Gasteiger charge is 2.35. The summed E-state index contributed by atoms with van der Waals surface area (Å²) in [7, 11) is 1.98. The van der Waals surface area contributed by atoms with Gasteiger partial charge in [0.05, 0.1) is 6.20 Å². The van der Waals surface area contributed by atoms with Crippen LogP contribution in [0.1, 0.15) is 38.7 Å². The molecule has 2 heterocycles. The van der Waals surface area contributed by atoms with Gasteiger partial charge in [-0.3, -0.25) is 4.68 Å². The van der Waals surface area contributed by atoms with Crippen LogP contribution in [0.2, 0.25) is 0 Å². The maximum absolute atomic E-state index is 4.23. The first kappa shape index (κ1) is 11.6. The van der Waals surface area contributed by atoms with Gasteiger partial charge in [-0.05, 0) is 43.7 Å². The summed E-state index contributed by atoms with van der Waals surface area (Å²) in [5, 5.41) is 7.95. The van der Waals surface area contributed by atoms with E-state index in [9.17, 15) is 0 Å². The van der Waals surface area contributed by atoms with Gasteiger partial charge < -0.3 is 5.32 Å². The first-order valence-electron chi connectivity index (χ1n) is 6.35. The van der Waals surface area contributed by atoms with Crippen LogP contribution in [0.15, 0.2) is 12.4 Å². The van der Waals surface area contributed by atoms with Crippen LogP contribution < -0.4 is 5.32 Å². The molecule has 0 aromatic carbocycles. The molecule has 0 amide bonds. The summed E-state index contributed by atoms with van der Waals surface area (Å²) in [5.41, 5.74) is 1.73. The van der Waals surface area contributed by atoms with E-state index >= 15 is 0 Å². The topological polar surface area (TPSA) is 29.9 Å². The minimum absolute atomic E-state index is 0.371. The van der Waals surface area contributed by atoms with Crippen LogP contribution >= 0.6 is 0 Å². The van der Waals surface area contributed by atoms with Gasteiger partial charge in [-0.25, -0.2) is 0 Å². The third kappa shape index (κ3) is 2.29. The number of nitrogens with one attached hydrogen (secondary N) is 1. The Morgan fingerprint density at radius 1 is 1.56 bits per heavy atom. The molecule has 0 radical (unpaired) electrons. The van der Waals surface area contributed by atoms with Gasteiger partial charge in [-0.15, -0.1) is 0 Å². The molecule has 1 unspecified atom stereocenters. The quantitative estimate of drug-likeness (QED) is 0.844. The standard InChI is InChI=1S/C13H23N3/c1-11(2)13(6-4-8-14-13)7-5-12-9-15-16(3)10-12/h9-11,14H,4-8H2,1-3H3. The molecule has 1 aliphatic rings. The van der Waals surface area contributed by atoms with Crippen LogP contribution in [0, 0.1) is 5.92 Å². The number of aryl methyl sites for hydroxylation is 2. The second kappa shape index (κ2) is 4.58. The highest BCUT2D eigenvalue weighted by atomic mass is 15.2. The van der Waals surface area contributed by atoms with Crippen LogP contribution in [0.25, 0.3) is 0 Å². The van der Waals surface area contributed by atoms with Gasteiger partial charge in [0.1, 0.15) is 0 Å². The second-order valence-corrected chi connectivity index (χ2v) is 5.36. The molecule has 1 aromatic rings. The fourth-order valence-electron chi connectivity index (χ4n) is 2.79. The first-order valence-corrected chi connectivity index (χ1v) is 6.35. The van der Waals surface area contributed by atoms with Crippen molar-refractivity contribution < 1.29 is 0 Å². The van der Waals surface area contributed by atoms with Crippen molar-refractivity contribution in [1.29, 1.82) is 0 Å². The average molecular weight is 221 g/mol. The van der Waals surface area contributed by atoms with Crippen molar-refractivity contribution in [2.45, 2.75) is 45.1 Å². The number of nitrogens with zero attached hydrogens (tertiary/aromatic N) is 2. The van der Waals surface area contributed by atoms with Crippen molar-refractivity contribution >= 4 is 0 Å². The molecule has 16 heavy (non-hydrogen) atoms. The van der Waals surface area contributed by atoms with Gasteiger partial charge in [0.2, 0.25) is 0 Å². The molecule has 1 atom stereocenters. The molecule has 1 saturated heterocycles. The molecule has 90 valence electrons. The predicted octanol–water partition coefficient (Wildman–Crippen LogP) is 2.13. The summed E-state index contributed by atoms with van der Waals surface area (Å²) >= 11 is 0. The minimum Gasteiger partial charge on any atom is -0.311 e. The molecule has 3 nitrogen and oxygen atoms in total. The molecule has 1 N–H and O–H groups in total. The zero-order chi connectivity index (χ0) is 11.6. The number of rotatable bonds is 4. The maximum Gasteiger partial charge on any atom is 0.0521 e. The van der Waals surface area contributed by atoms with Crippen molar-refractivity contribution in [3.8, 4) is 0 Å². The Morgan fingerprint density at radius 2 is 2.38 bits per heavy atom. The van der Waals surface area contributed by atoms with E-state index in [4.69, 9.17) is 0 Å². The van der Waals surface area contributed by atoms with Crippen molar-refractivity contribution in [2.75, 3.05) is 6.54 Å². The van der Waals surface area contributed by atoms with Crippen LogP contribution in [-0.2, 0) is 13.5 Å². The summed E-state index contributed by atoms with van der Waals surface area (Å²) in [5.74, 6) is 0.715. The van der Waals surface area contributed by atoms with Gasteiger partial charge in [0.15, 0.2) is 0 Å². The molecular formula is C13H23N3. The number of aromatic nitrogens is 2. The highest BCUT2D eigenvalue weighted by molar-refractivity contribution is 5.07. The maximum atomic E-state index is 4.23. The number of hydrogen-bond donors (Lipinski definition) is 1. The van der Waals surface area contributed by atoms with Crippen molar-refractivity contribution in [1.82, 2.24) is 15.1 Å². The van der Waals surface area contributed by atoms with Crippen LogP contribution in [0.3, 0.4) is 0 Å². The molecule has 1 aromatic heterocycles. The molecule has 1 aliphatic heterocycles. The lowest BCUT2D eigenvalue weighted by atomic mass is 9.80. The molecular weight excluding hydrogens is 198 g/mol. The first-order chi connectivity index (χ1) is 7.62. The molecule has 0 bridgehead atoms. The third-order valence-electron chi connectivity index (χ3n) is 4.00. The summed E-state index contributed by atoms with van der Waals surface area (Å²) < 4.78 is 1.89. The van der Waals surface area contributed by atoms with E-state index in [2.05, 4.69) is 30.5 Å². The van der Waals surface area contributed by atoms with Gasteiger partial charge in [-0.2, -0.15) is 5.10 Å². The Labute approximate surface area is 98.2 Å². The monoisotopic (exact) mass is 221 g/mol. The lowest BCUT2D eigenvalue weighted by Crippen LogP contribution is -2.45. The SMILES string of the molecule is CC(C)C1(CCc2cnn(C)c2)CCCN1. The van der Waals surface area contributed by atoms with Crippen molar-refractivity contribution in [3.05, 3.63) is 18.0 Å². The highest BCUT2D eigenvalue weighted by Crippen LogP contribution is 2.32. The van der Waals surface area contributed by atoms with E-state index in [1.807, 2.05) is 17.9 Å². The Kier molecular flexibility index (Phi) is 3.33. The van der Waals surface area contributed by atoms with E-state index in [-0.39, 0.29) is 0 Å². The van der Waals surface area contributed by atoms with Gasteiger partial charge in [0.25, 0.3) is 0 Å². The zero-order valence-electron chi connectivity index (χ0n) is 10.7. The van der Waals surface area contributed by atoms with E-state index in [1.165, 1.54) is 31.4 Å². The summed E-state index contributed by atoms with van der Waals surface area (Å²) in [4.78, 5) is 0. The van der Waals surface area contributed by atoms with E-state index in [1.54, 1.807) is 0 Å². The van der Waals surface area contributed by atoms with E-state index < -0.39 is 0 Å². The molecule has 3 heteroatoms. The molecule has 1 fully saturated rings. The zero-order valence-corrected chi connectivity index (χ0v) is 10.7. The lowest BCUT2D eigenvalue weighted by molar-refractivity contribution is 0.252. The molecule has 0 spiro atoms. The molecule has 0 saturated carbocycles. The van der Waals surface area contributed by atoms with Gasteiger partial charge >= 0.3 is 0 Å². The Morgan fingerprint density at radius 3 is 2.88 bits per heavy atom. The van der Waals surface area contributed by atoms with E-state index in [0.717, 1.165) is 6.42 Å². The van der Waals surface area contributed by atoms with Gasteiger partial charge in [-0.1, -0.05) is 13.8 Å². The number of hydrogen-bond acceptors (Lipinski definition) is 2. The summed E-state index contributed by atoms with van der Waals surface area (Å²) in [6, 6.07) is 0. The molecule has 0 aliphatic carbocycles. The molecule has 2 rings (SSSR count). The normalized spacial score (nSPS) is 25.5. The fraction of sp³-hybridized carbons (Fsp3) is 0.769.